The number of benzene rings is 10. The van der Waals surface area contributed by atoms with Crippen molar-refractivity contribution >= 4 is 106 Å². The van der Waals surface area contributed by atoms with Crippen molar-refractivity contribution in [3.8, 4) is 50.6 Å². The first kappa shape index (κ1) is 45.0. The number of para-hydroxylation sites is 9. The van der Waals surface area contributed by atoms with Gasteiger partial charge in [-0.1, -0.05) is 60.7 Å². The van der Waals surface area contributed by atoms with Crippen LogP contribution in [0.25, 0.3) is 33.4 Å². The van der Waals surface area contributed by atoms with Gasteiger partial charge in [-0.05, 0) is 48.5 Å². The number of thiol groups is 1. The third-order valence-electron chi connectivity index (χ3n) is 13.4. The maximum absolute atomic E-state index is 6.98. The molecule has 10 aromatic rings. The van der Waals surface area contributed by atoms with Crippen LogP contribution in [0.15, 0.2) is 255 Å². The normalized spacial score (nSPS) is 18.5. The second-order valence-corrected chi connectivity index (χ2v) is 29.3. The summed E-state index contributed by atoms with van der Waals surface area (Å²) in [5.74, 6) is 2.39. The van der Waals surface area contributed by atoms with Crippen LogP contribution in [0, 0.1) is 0 Å². The van der Waals surface area contributed by atoms with Crippen LogP contribution in [0.4, 0.5) is 34.1 Å². The maximum atomic E-state index is 6.98. The fourth-order valence-electron chi connectivity index (χ4n) is 10.0. The number of hydrogen-bond acceptors (Lipinski definition) is 7. The van der Waals surface area contributed by atoms with Crippen LogP contribution in [-0.4, -0.2) is 0 Å². The molecule has 10 aromatic carbocycles. The molecule has 0 aliphatic carbocycles. The van der Waals surface area contributed by atoms with Gasteiger partial charge in [0.1, 0.15) is 0 Å². The predicted molar refractivity (Wildman–Crippen MR) is 314 cm³/mol. The summed E-state index contributed by atoms with van der Waals surface area (Å²) >= 11 is 19.0. The molecule has 2 atom stereocenters. The second-order valence-electron chi connectivity index (χ2n) is 17.8. The predicted octanol–water partition coefficient (Wildman–Crippen LogP) is 16.3. The molecule has 13 rings (SSSR count). The first-order valence-electron chi connectivity index (χ1n) is 23.6. The minimum atomic E-state index is -3.17. The molecule has 0 saturated heterocycles. The van der Waals surface area contributed by atoms with Crippen molar-refractivity contribution in [1.29, 1.82) is 0 Å². The molecule has 3 aliphatic rings. The van der Waals surface area contributed by atoms with Gasteiger partial charge in [-0.3, -0.25) is 0 Å². The molecule has 0 fully saturated rings. The van der Waals surface area contributed by atoms with E-state index >= 15 is 0 Å². The van der Waals surface area contributed by atoms with E-state index in [9.17, 15) is 0 Å². The van der Waals surface area contributed by atoms with E-state index in [1.165, 1.54) is 0 Å². The van der Waals surface area contributed by atoms with Gasteiger partial charge in [-0.2, -0.15) is 0 Å². The van der Waals surface area contributed by atoms with E-state index in [4.69, 9.17) is 49.4 Å². The third-order valence-corrected chi connectivity index (χ3v) is 25.1. The Morgan fingerprint density at radius 1 is 0.347 bits per heavy atom. The fraction of sp³-hybridized carbons (Fsp3) is 0. The van der Waals surface area contributed by atoms with E-state index in [-0.39, 0.29) is 0 Å². The molecule has 2 unspecified atom stereocenters. The summed E-state index contributed by atoms with van der Waals surface area (Å²) in [5.41, 5.74) is 12.1. The van der Waals surface area contributed by atoms with Crippen molar-refractivity contribution in [2.75, 3.05) is 14.0 Å². The quantitative estimate of drug-likeness (QED) is 0.113. The molecule has 0 saturated carbocycles. The summed E-state index contributed by atoms with van der Waals surface area (Å²) < 4.78 is 27.5. The Labute approximate surface area is 435 Å². The minimum Gasteiger partial charge on any atom is -0.0621 e. The Hall–Kier alpha value is -6.92. The Bertz CT molecular complexity index is 3660. The molecule has 0 spiro atoms. The number of hydrogen-bond donors (Lipinski definition) is 1. The first-order chi connectivity index (χ1) is 35.3. The van der Waals surface area contributed by atoms with Crippen molar-refractivity contribution in [3.63, 3.8) is 0 Å². The molecule has 0 aromatic heterocycles. The van der Waals surface area contributed by atoms with E-state index in [0.29, 0.717) is 0 Å². The summed E-state index contributed by atoms with van der Waals surface area (Å²) in [6.07, 6.45) is -5.74. The smallest absolute Gasteiger partial charge is 0.0621 e. The van der Waals surface area contributed by atoms with Crippen LogP contribution in [0.3, 0.4) is 0 Å². The van der Waals surface area contributed by atoms with Gasteiger partial charge in [0.25, 0.3) is 0 Å². The summed E-state index contributed by atoms with van der Waals surface area (Å²) in [6.45, 7) is -3.17. The Morgan fingerprint density at radius 2 is 0.736 bits per heavy atom. The first-order valence-corrected chi connectivity index (χ1v) is 32.1. The van der Waals surface area contributed by atoms with Crippen LogP contribution in [0.2, 0.25) is 0 Å². The molecule has 0 radical (unpaired) electrons. The molecule has 3 aliphatic heterocycles. The number of nitrogens with zero attached hydrogens (tertiary/aromatic N) is 3. The molecule has 6 nitrogen and oxygen atoms in total. The summed E-state index contributed by atoms with van der Waals surface area (Å²) in [7, 11) is 0. The molecule has 0 N–H and O–H groups in total. The van der Waals surface area contributed by atoms with E-state index in [1.807, 2.05) is 91.0 Å². The molecule has 3 heterocycles. The molecule has 0 bridgehead atoms. The van der Waals surface area contributed by atoms with Gasteiger partial charge < -0.3 is 0 Å². The summed E-state index contributed by atoms with van der Waals surface area (Å²) in [5, 5.41) is 2.92. The van der Waals surface area contributed by atoms with Gasteiger partial charge in [0.15, 0.2) is 0 Å². The zero-order valence-corrected chi connectivity index (χ0v) is 43.8. The fourth-order valence-corrected chi connectivity index (χ4v) is 20.9. The van der Waals surface area contributed by atoms with Gasteiger partial charge in [0.2, 0.25) is 0 Å². The zero-order valence-electron chi connectivity index (χ0n) is 38.5. The Balaban J connectivity index is 0.962. The zero-order chi connectivity index (χ0) is 48.4. The van der Waals surface area contributed by atoms with E-state index in [2.05, 4.69) is 178 Å². The average Bonchev–Trinajstić information content (AvgIpc) is 4.06. The van der Waals surface area contributed by atoms with Crippen molar-refractivity contribution in [2.24, 2.45) is 0 Å². The molecule has 350 valence electrons. The van der Waals surface area contributed by atoms with Crippen molar-refractivity contribution in [2.45, 2.75) is 0 Å². The molecular formula is C60H44N3O3P3S3. The molecular weight excluding hydrogens is 1000 g/mol. The Morgan fingerprint density at radius 3 is 1.22 bits per heavy atom. The molecule has 72 heavy (non-hydrogen) atoms. The summed E-state index contributed by atoms with van der Waals surface area (Å²) in [6, 6.07) is 88.3. The van der Waals surface area contributed by atoms with Crippen molar-refractivity contribution in [3.05, 3.63) is 255 Å². The standard InChI is InChI=1S/C60H44N3O3P3S3/c70-67(61(49-22-4-1-5-23-49)55-31-10-13-34-58(55)64-67)52-28-16-19-43(40-52)46-37-47(44-20-17-29-53(41-44)68(71)62(50-24-6-2-7-25-50)56-32-11-14-35-59(56)65-68)39-48(38-46)45-21-18-30-54(42-45)69(72)63(51-26-8-3-9-27-51)57-33-12-15-36-60(57)66-69/h1-42,67,70H. The SMILES string of the molecule is S=P1(c2cccc(-c3cc(-c4cccc(P5(=S)Oc6ccccc6N5c5ccccc5)c4)cc(-c4cccc([PH]5(S)Oc6ccccc6N5c5ccccc5)c4)c3)c2)Oc2ccccc2N1c1ccccc1. The van der Waals surface area contributed by atoms with Gasteiger partial charge in [0.05, 0.1) is 0 Å². The van der Waals surface area contributed by atoms with Gasteiger partial charge in [-0.15, -0.1) is 0 Å². The molecule has 12 heteroatoms. The third kappa shape index (κ3) is 7.58. The van der Waals surface area contributed by atoms with Gasteiger partial charge in [-0.25, -0.2) is 0 Å². The number of fused-ring (bicyclic) bond motifs is 3. The second kappa shape index (κ2) is 18.0. The van der Waals surface area contributed by atoms with Crippen molar-refractivity contribution in [1.82, 2.24) is 0 Å². The van der Waals surface area contributed by atoms with Crippen LogP contribution in [0.1, 0.15) is 0 Å². The number of anilines is 6. The average molecular weight is 1040 g/mol. The van der Waals surface area contributed by atoms with E-state index in [1.54, 1.807) is 0 Å². The van der Waals surface area contributed by atoms with Gasteiger partial charge in [0, 0.05) is 0 Å². The molecule has 0 amide bonds. The van der Waals surface area contributed by atoms with Gasteiger partial charge >= 0.3 is 329 Å². The summed E-state index contributed by atoms with van der Waals surface area (Å²) in [4.78, 5) is 0. The van der Waals surface area contributed by atoms with Crippen LogP contribution in [0.5, 0.6) is 17.2 Å². The van der Waals surface area contributed by atoms with Crippen LogP contribution in [-0.2, 0) is 23.6 Å². The van der Waals surface area contributed by atoms with Crippen molar-refractivity contribution < 1.29 is 13.6 Å². The number of rotatable bonds is 9. The van der Waals surface area contributed by atoms with Crippen LogP contribution < -0.4 is 43.5 Å². The topological polar surface area (TPSA) is 37.4 Å². The monoisotopic (exact) mass is 1040 g/mol. The van der Waals surface area contributed by atoms with Crippen LogP contribution >= 0.6 is 31.9 Å². The Kier molecular flexibility index (Phi) is 11.2. The van der Waals surface area contributed by atoms with E-state index in [0.717, 1.165) is 101 Å². The van der Waals surface area contributed by atoms with E-state index < -0.39 is 19.7 Å². The minimum absolute atomic E-state index is 0.785.